The zero-order chi connectivity index (χ0) is 11.4. The fourth-order valence-electron chi connectivity index (χ4n) is 2.20. The van der Waals surface area contributed by atoms with Gasteiger partial charge in [-0.25, -0.2) is 4.39 Å². The van der Waals surface area contributed by atoms with E-state index in [-0.39, 0.29) is 12.4 Å². The van der Waals surface area contributed by atoms with Gasteiger partial charge in [-0.3, -0.25) is 0 Å². The Bertz CT molecular complexity index is 336. The molecule has 0 unspecified atom stereocenters. The lowest BCUT2D eigenvalue weighted by Gasteiger charge is -2.36. The zero-order valence-corrected chi connectivity index (χ0v) is 9.32. The van der Waals surface area contributed by atoms with Gasteiger partial charge in [0.1, 0.15) is 5.82 Å². The lowest BCUT2D eigenvalue weighted by molar-refractivity contribution is 0.258. The Hall–Kier alpha value is -0.930. The first kappa shape index (κ1) is 11.6. The van der Waals surface area contributed by atoms with Crippen molar-refractivity contribution in [2.75, 3.05) is 13.2 Å². The van der Waals surface area contributed by atoms with Crippen LogP contribution in [0.1, 0.15) is 30.7 Å². The molecule has 3 heteroatoms. The van der Waals surface area contributed by atoms with Gasteiger partial charge in [0.25, 0.3) is 0 Å². The third-order valence-electron chi connectivity index (χ3n) is 3.23. The van der Waals surface area contributed by atoms with Crippen molar-refractivity contribution in [3.8, 4) is 0 Å². The van der Waals surface area contributed by atoms with E-state index in [0.29, 0.717) is 12.0 Å². The molecule has 1 saturated carbocycles. The largest absolute Gasteiger partial charge is 0.396 e. The molecule has 16 heavy (non-hydrogen) atoms. The SMILES string of the molecule is OCCCNC1CC(c2cccc(F)c2)C1. The monoisotopic (exact) mass is 223 g/mol. The van der Waals surface area contributed by atoms with E-state index in [1.807, 2.05) is 6.07 Å². The van der Waals surface area contributed by atoms with Crippen LogP contribution in [0.25, 0.3) is 0 Å². The molecule has 0 bridgehead atoms. The van der Waals surface area contributed by atoms with E-state index in [0.717, 1.165) is 31.4 Å². The number of halogens is 1. The van der Waals surface area contributed by atoms with Crippen molar-refractivity contribution >= 4 is 0 Å². The van der Waals surface area contributed by atoms with Crippen molar-refractivity contribution < 1.29 is 9.50 Å². The second-order valence-electron chi connectivity index (χ2n) is 4.45. The maximum absolute atomic E-state index is 13.0. The number of hydrogen-bond donors (Lipinski definition) is 2. The van der Waals surface area contributed by atoms with Crippen molar-refractivity contribution in [2.24, 2.45) is 0 Å². The summed E-state index contributed by atoms with van der Waals surface area (Å²) in [6.45, 7) is 1.12. The molecular weight excluding hydrogens is 205 g/mol. The maximum Gasteiger partial charge on any atom is 0.123 e. The van der Waals surface area contributed by atoms with Gasteiger partial charge in [-0.05, 0) is 49.4 Å². The summed E-state index contributed by atoms with van der Waals surface area (Å²) < 4.78 is 13.0. The summed E-state index contributed by atoms with van der Waals surface area (Å²) in [6.07, 6.45) is 2.96. The quantitative estimate of drug-likeness (QED) is 0.749. The molecule has 1 fully saturated rings. The van der Waals surface area contributed by atoms with Gasteiger partial charge >= 0.3 is 0 Å². The van der Waals surface area contributed by atoms with E-state index in [9.17, 15) is 4.39 Å². The Balaban J connectivity index is 1.75. The minimum atomic E-state index is -0.144. The van der Waals surface area contributed by atoms with E-state index < -0.39 is 0 Å². The number of benzene rings is 1. The van der Waals surface area contributed by atoms with E-state index in [4.69, 9.17) is 5.11 Å². The Morgan fingerprint density at radius 1 is 1.38 bits per heavy atom. The lowest BCUT2D eigenvalue weighted by atomic mass is 9.76. The molecule has 0 atom stereocenters. The van der Waals surface area contributed by atoms with Gasteiger partial charge in [0.15, 0.2) is 0 Å². The fraction of sp³-hybridized carbons (Fsp3) is 0.538. The molecule has 0 saturated heterocycles. The van der Waals surface area contributed by atoms with Crippen molar-refractivity contribution in [1.82, 2.24) is 5.32 Å². The van der Waals surface area contributed by atoms with Crippen molar-refractivity contribution in [3.63, 3.8) is 0 Å². The van der Waals surface area contributed by atoms with Crippen LogP contribution >= 0.6 is 0 Å². The molecule has 88 valence electrons. The molecular formula is C13H18FNO. The predicted octanol–water partition coefficient (Wildman–Crippen LogP) is 2.04. The number of rotatable bonds is 5. The van der Waals surface area contributed by atoms with Crippen LogP contribution in [0.5, 0.6) is 0 Å². The molecule has 1 aromatic carbocycles. The van der Waals surface area contributed by atoms with Gasteiger partial charge in [0.2, 0.25) is 0 Å². The van der Waals surface area contributed by atoms with Gasteiger partial charge in [-0.15, -0.1) is 0 Å². The third-order valence-corrected chi connectivity index (χ3v) is 3.23. The van der Waals surface area contributed by atoms with Crippen molar-refractivity contribution in [1.29, 1.82) is 0 Å². The molecule has 2 nitrogen and oxygen atoms in total. The van der Waals surface area contributed by atoms with Gasteiger partial charge in [-0.2, -0.15) is 0 Å². The zero-order valence-electron chi connectivity index (χ0n) is 9.32. The molecule has 0 heterocycles. The molecule has 1 aliphatic rings. The van der Waals surface area contributed by atoms with Crippen molar-refractivity contribution in [3.05, 3.63) is 35.6 Å². The van der Waals surface area contributed by atoms with Crippen LogP contribution in [0, 0.1) is 5.82 Å². The first-order valence-corrected chi connectivity index (χ1v) is 5.89. The molecule has 0 amide bonds. The van der Waals surface area contributed by atoms with Crippen LogP contribution in [0.2, 0.25) is 0 Å². The Morgan fingerprint density at radius 2 is 2.19 bits per heavy atom. The lowest BCUT2D eigenvalue weighted by Crippen LogP contribution is -2.40. The van der Waals surface area contributed by atoms with Gasteiger partial charge in [0.05, 0.1) is 0 Å². The fourth-order valence-corrected chi connectivity index (χ4v) is 2.20. The Kier molecular flexibility index (Phi) is 3.91. The van der Waals surface area contributed by atoms with E-state index >= 15 is 0 Å². The highest BCUT2D eigenvalue weighted by Crippen LogP contribution is 2.36. The van der Waals surface area contributed by atoms with Crippen LogP contribution in [-0.2, 0) is 0 Å². The summed E-state index contributed by atoms with van der Waals surface area (Å²) in [7, 11) is 0. The molecule has 1 aromatic rings. The highest BCUT2D eigenvalue weighted by molar-refractivity contribution is 5.23. The van der Waals surface area contributed by atoms with E-state index in [2.05, 4.69) is 5.32 Å². The summed E-state index contributed by atoms with van der Waals surface area (Å²) in [4.78, 5) is 0. The van der Waals surface area contributed by atoms with E-state index in [1.165, 1.54) is 6.07 Å². The number of aliphatic hydroxyl groups is 1. The summed E-state index contributed by atoms with van der Waals surface area (Å²) in [5.74, 6) is 0.358. The molecule has 2 rings (SSSR count). The minimum Gasteiger partial charge on any atom is -0.396 e. The topological polar surface area (TPSA) is 32.3 Å². The second kappa shape index (κ2) is 5.41. The highest BCUT2D eigenvalue weighted by atomic mass is 19.1. The van der Waals surface area contributed by atoms with E-state index in [1.54, 1.807) is 12.1 Å². The normalized spacial score (nSPS) is 24.1. The second-order valence-corrected chi connectivity index (χ2v) is 4.45. The third kappa shape index (κ3) is 2.80. The summed E-state index contributed by atoms with van der Waals surface area (Å²) in [6, 6.07) is 7.43. The molecule has 0 radical (unpaired) electrons. The smallest absolute Gasteiger partial charge is 0.123 e. The average Bonchev–Trinajstić information content (AvgIpc) is 2.21. The summed E-state index contributed by atoms with van der Waals surface area (Å²) in [5, 5.41) is 12.0. The van der Waals surface area contributed by atoms with Gasteiger partial charge in [0, 0.05) is 12.6 Å². The maximum atomic E-state index is 13.0. The molecule has 0 aliphatic heterocycles. The van der Waals surface area contributed by atoms with Gasteiger partial charge < -0.3 is 10.4 Å². The Labute approximate surface area is 95.5 Å². The molecule has 1 aliphatic carbocycles. The van der Waals surface area contributed by atoms with Crippen molar-refractivity contribution in [2.45, 2.75) is 31.2 Å². The first-order valence-electron chi connectivity index (χ1n) is 5.89. The van der Waals surface area contributed by atoms with Crippen LogP contribution in [0.15, 0.2) is 24.3 Å². The number of hydrogen-bond acceptors (Lipinski definition) is 2. The minimum absolute atomic E-state index is 0.144. The standard InChI is InChI=1S/C13H18FNO/c14-12-4-1-3-10(7-12)11-8-13(9-11)15-5-2-6-16/h1,3-4,7,11,13,15-16H,2,5-6,8-9H2. The van der Waals surface area contributed by atoms with Crippen LogP contribution in [-0.4, -0.2) is 24.3 Å². The Morgan fingerprint density at radius 3 is 2.88 bits per heavy atom. The highest BCUT2D eigenvalue weighted by Gasteiger charge is 2.29. The van der Waals surface area contributed by atoms with Crippen LogP contribution in [0.3, 0.4) is 0 Å². The average molecular weight is 223 g/mol. The summed E-state index contributed by atoms with van der Waals surface area (Å²) in [5.41, 5.74) is 1.11. The number of aliphatic hydroxyl groups excluding tert-OH is 1. The first-order chi connectivity index (χ1) is 7.79. The summed E-state index contributed by atoms with van der Waals surface area (Å²) >= 11 is 0. The predicted molar refractivity (Wildman–Crippen MR) is 61.9 cm³/mol. The van der Waals surface area contributed by atoms with Crippen LogP contribution < -0.4 is 5.32 Å². The van der Waals surface area contributed by atoms with Crippen LogP contribution in [0.4, 0.5) is 4.39 Å². The molecule has 2 N–H and O–H groups in total. The number of nitrogens with one attached hydrogen (secondary N) is 1. The van der Waals surface area contributed by atoms with Gasteiger partial charge in [-0.1, -0.05) is 12.1 Å². The molecule has 0 aromatic heterocycles. The molecule has 0 spiro atoms.